The Bertz CT molecular complexity index is 994. The van der Waals surface area contributed by atoms with Crippen molar-refractivity contribution in [1.82, 2.24) is 19.9 Å². The number of benzene rings is 2. The molecule has 2 heterocycles. The summed E-state index contributed by atoms with van der Waals surface area (Å²) in [5.41, 5.74) is 1.58. The number of piperazine rings is 1. The second-order valence-electron chi connectivity index (χ2n) is 6.86. The van der Waals surface area contributed by atoms with Crippen molar-refractivity contribution in [2.24, 2.45) is 0 Å². The van der Waals surface area contributed by atoms with Crippen LogP contribution in [0.5, 0.6) is 0 Å². The normalized spacial score (nSPS) is 15.2. The van der Waals surface area contributed by atoms with Crippen LogP contribution in [0.4, 0.5) is 0 Å². The molecule has 2 aromatic carbocycles. The second kappa shape index (κ2) is 7.67. The molecular formula is C20H22N5O2+. The average molecular weight is 364 g/mol. The van der Waals surface area contributed by atoms with Gasteiger partial charge in [0.1, 0.15) is 18.6 Å². The van der Waals surface area contributed by atoms with E-state index in [1.165, 1.54) is 10.5 Å². The van der Waals surface area contributed by atoms with Gasteiger partial charge in [-0.15, -0.1) is 5.10 Å². The SMILES string of the molecule is O=C(Cn1nnc2ccccc2c1=O)N1CC[NH+](Cc2ccccc2)CC1. The fourth-order valence-electron chi connectivity index (χ4n) is 3.49. The zero-order chi connectivity index (χ0) is 18.6. The first-order chi connectivity index (χ1) is 13.2. The van der Waals surface area contributed by atoms with Crippen LogP contribution in [-0.4, -0.2) is 52.0 Å². The molecular weight excluding hydrogens is 342 g/mol. The summed E-state index contributed by atoms with van der Waals surface area (Å²) in [4.78, 5) is 28.4. The fraction of sp³-hybridized carbons (Fsp3) is 0.300. The molecule has 4 rings (SSSR count). The van der Waals surface area contributed by atoms with Gasteiger partial charge in [-0.2, -0.15) is 0 Å². The molecule has 0 saturated carbocycles. The lowest BCUT2D eigenvalue weighted by Gasteiger charge is -2.32. The minimum Gasteiger partial charge on any atom is -0.330 e. The standard InChI is InChI=1S/C20H21N5O2/c26-19(15-25-20(27)17-8-4-5-9-18(17)21-22-25)24-12-10-23(11-13-24)14-16-6-2-1-3-7-16/h1-9H,10-15H2/p+1. The maximum absolute atomic E-state index is 12.6. The van der Waals surface area contributed by atoms with Crippen molar-refractivity contribution in [2.75, 3.05) is 26.2 Å². The van der Waals surface area contributed by atoms with Crippen molar-refractivity contribution >= 4 is 16.8 Å². The van der Waals surface area contributed by atoms with Gasteiger partial charge in [0.2, 0.25) is 5.91 Å². The van der Waals surface area contributed by atoms with Crippen LogP contribution >= 0.6 is 0 Å². The molecule has 3 aromatic rings. The molecule has 0 atom stereocenters. The minimum atomic E-state index is -0.276. The molecule has 1 aliphatic rings. The Morgan fingerprint density at radius 2 is 1.70 bits per heavy atom. The molecule has 27 heavy (non-hydrogen) atoms. The monoisotopic (exact) mass is 364 g/mol. The van der Waals surface area contributed by atoms with Crippen LogP contribution in [0.25, 0.3) is 10.9 Å². The first kappa shape index (κ1) is 17.4. The highest BCUT2D eigenvalue weighted by Gasteiger charge is 2.24. The van der Waals surface area contributed by atoms with Crippen LogP contribution in [0.1, 0.15) is 5.56 Å². The van der Waals surface area contributed by atoms with E-state index in [2.05, 4.69) is 34.6 Å². The van der Waals surface area contributed by atoms with Gasteiger partial charge in [0.15, 0.2) is 0 Å². The topological polar surface area (TPSA) is 72.5 Å². The average Bonchev–Trinajstić information content (AvgIpc) is 2.71. The quantitative estimate of drug-likeness (QED) is 0.691. The summed E-state index contributed by atoms with van der Waals surface area (Å²) in [7, 11) is 0. The molecule has 1 aromatic heterocycles. The van der Waals surface area contributed by atoms with Crippen molar-refractivity contribution in [3.8, 4) is 0 Å². The van der Waals surface area contributed by atoms with Gasteiger partial charge < -0.3 is 9.80 Å². The van der Waals surface area contributed by atoms with Crippen LogP contribution in [0.15, 0.2) is 59.4 Å². The lowest BCUT2D eigenvalue weighted by molar-refractivity contribution is -0.917. The summed E-state index contributed by atoms with van der Waals surface area (Å²) < 4.78 is 1.16. The number of aromatic nitrogens is 3. The van der Waals surface area contributed by atoms with Gasteiger partial charge in [-0.3, -0.25) is 9.59 Å². The van der Waals surface area contributed by atoms with Gasteiger partial charge in [-0.25, -0.2) is 4.68 Å². The zero-order valence-corrected chi connectivity index (χ0v) is 15.0. The summed E-state index contributed by atoms with van der Waals surface area (Å²) in [6, 6.07) is 17.4. The van der Waals surface area contributed by atoms with E-state index in [-0.39, 0.29) is 18.0 Å². The number of carbonyl (C=O) groups is 1. The molecule has 1 amide bonds. The molecule has 1 fully saturated rings. The van der Waals surface area contributed by atoms with Gasteiger partial charge in [-0.05, 0) is 12.1 Å². The molecule has 0 spiro atoms. The van der Waals surface area contributed by atoms with E-state index >= 15 is 0 Å². The molecule has 0 radical (unpaired) electrons. The number of quaternary nitrogens is 1. The van der Waals surface area contributed by atoms with Crippen molar-refractivity contribution < 1.29 is 9.69 Å². The number of amides is 1. The number of nitrogens with one attached hydrogen (secondary N) is 1. The Morgan fingerprint density at radius 1 is 1.00 bits per heavy atom. The predicted octanol–water partition coefficient (Wildman–Crippen LogP) is -0.281. The largest absolute Gasteiger partial charge is 0.330 e. The van der Waals surface area contributed by atoms with E-state index in [9.17, 15) is 9.59 Å². The van der Waals surface area contributed by atoms with Crippen LogP contribution in [0, 0.1) is 0 Å². The molecule has 0 bridgehead atoms. The third-order valence-corrected chi connectivity index (χ3v) is 5.03. The Hall–Kier alpha value is -3.06. The number of hydrogen-bond acceptors (Lipinski definition) is 4. The molecule has 1 aliphatic heterocycles. The molecule has 138 valence electrons. The second-order valence-corrected chi connectivity index (χ2v) is 6.86. The van der Waals surface area contributed by atoms with Gasteiger partial charge in [-0.1, -0.05) is 47.7 Å². The van der Waals surface area contributed by atoms with Crippen molar-refractivity contribution in [3.05, 3.63) is 70.5 Å². The van der Waals surface area contributed by atoms with Crippen LogP contribution in [-0.2, 0) is 17.9 Å². The van der Waals surface area contributed by atoms with E-state index in [0.29, 0.717) is 24.0 Å². The highest BCUT2D eigenvalue weighted by molar-refractivity contribution is 5.78. The number of hydrogen-bond donors (Lipinski definition) is 1. The van der Waals surface area contributed by atoms with E-state index in [1.54, 1.807) is 18.2 Å². The first-order valence-corrected chi connectivity index (χ1v) is 9.18. The fourth-order valence-corrected chi connectivity index (χ4v) is 3.49. The van der Waals surface area contributed by atoms with E-state index < -0.39 is 0 Å². The smallest absolute Gasteiger partial charge is 0.278 e. The number of nitrogens with zero attached hydrogens (tertiary/aromatic N) is 4. The first-order valence-electron chi connectivity index (χ1n) is 9.18. The summed E-state index contributed by atoms with van der Waals surface area (Å²) >= 11 is 0. The summed E-state index contributed by atoms with van der Waals surface area (Å²) in [5, 5.41) is 8.43. The Labute approximate surface area is 156 Å². The Balaban J connectivity index is 1.37. The Kier molecular flexibility index (Phi) is 4.93. The zero-order valence-electron chi connectivity index (χ0n) is 15.0. The molecule has 0 unspecified atom stereocenters. The van der Waals surface area contributed by atoms with E-state index in [1.807, 2.05) is 17.0 Å². The van der Waals surface area contributed by atoms with Crippen molar-refractivity contribution in [3.63, 3.8) is 0 Å². The van der Waals surface area contributed by atoms with E-state index in [0.717, 1.165) is 24.3 Å². The summed E-state index contributed by atoms with van der Waals surface area (Å²) in [5.74, 6) is -0.0829. The highest BCUT2D eigenvalue weighted by Crippen LogP contribution is 2.04. The summed E-state index contributed by atoms with van der Waals surface area (Å²) in [6.45, 7) is 4.09. The summed E-state index contributed by atoms with van der Waals surface area (Å²) in [6.07, 6.45) is 0. The molecule has 1 saturated heterocycles. The third-order valence-electron chi connectivity index (χ3n) is 5.03. The minimum absolute atomic E-state index is 0.0648. The van der Waals surface area contributed by atoms with Gasteiger partial charge >= 0.3 is 0 Å². The number of carbonyl (C=O) groups excluding carboxylic acids is 1. The highest BCUT2D eigenvalue weighted by atomic mass is 16.2. The number of fused-ring (bicyclic) bond motifs is 1. The van der Waals surface area contributed by atoms with Crippen molar-refractivity contribution in [1.29, 1.82) is 0 Å². The molecule has 1 N–H and O–H groups in total. The molecule has 7 heteroatoms. The van der Waals surface area contributed by atoms with Gasteiger partial charge in [0.25, 0.3) is 5.56 Å². The lowest BCUT2D eigenvalue weighted by atomic mass is 10.2. The van der Waals surface area contributed by atoms with Crippen LogP contribution in [0.3, 0.4) is 0 Å². The third kappa shape index (κ3) is 3.88. The van der Waals surface area contributed by atoms with Crippen LogP contribution in [0.2, 0.25) is 0 Å². The molecule has 0 aliphatic carbocycles. The lowest BCUT2D eigenvalue weighted by Crippen LogP contribution is -3.13. The Morgan fingerprint density at radius 3 is 2.48 bits per heavy atom. The number of rotatable bonds is 4. The van der Waals surface area contributed by atoms with Crippen molar-refractivity contribution in [2.45, 2.75) is 13.1 Å². The van der Waals surface area contributed by atoms with Gasteiger partial charge in [0.05, 0.1) is 31.6 Å². The van der Waals surface area contributed by atoms with Gasteiger partial charge in [0, 0.05) is 5.56 Å². The maximum Gasteiger partial charge on any atom is 0.278 e. The van der Waals surface area contributed by atoms with Crippen LogP contribution < -0.4 is 10.5 Å². The maximum atomic E-state index is 12.6. The van der Waals surface area contributed by atoms with E-state index in [4.69, 9.17) is 0 Å². The predicted molar refractivity (Wildman–Crippen MR) is 101 cm³/mol. The molecule has 7 nitrogen and oxygen atoms in total.